The van der Waals surface area contributed by atoms with Crippen LogP contribution in [0.1, 0.15) is 12.8 Å². The molecular weight excluding hydrogens is 440 g/mol. The lowest BCUT2D eigenvalue weighted by atomic mass is 10.1. The molecule has 6 rings (SSSR count). The number of ether oxygens (including phenoxy) is 3. The van der Waals surface area contributed by atoms with Crippen molar-refractivity contribution >= 4 is 5.52 Å². The minimum atomic E-state index is -0.324. The lowest BCUT2D eigenvalue weighted by molar-refractivity contribution is 0.174. The largest absolute Gasteiger partial charge is 0.494 e. The predicted octanol–water partition coefficient (Wildman–Crippen LogP) is 2.78. The van der Waals surface area contributed by atoms with Crippen LogP contribution in [-0.4, -0.2) is 42.9 Å². The average Bonchev–Trinajstić information content (AvgIpc) is 3.61. The molecule has 0 bridgehead atoms. The standard InChI is InChI=1S/C23H18N6O5/c1-2-31-16-6-3-14(4-7-16)17-10-18-23(30)28(24-12-29(18)26-17)11-21-25-22(27-34-21)15-5-8-19-20(9-15)33-13-32-19/h3-10,12H,2,11,13H2,1H3. The van der Waals surface area contributed by atoms with Crippen LogP contribution in [0.2, 0.25) is 0 Å². The Bertz CT molecular complexity index is 1550. The van der Waals surface area contributed by atoms with Crippen LogP contribution in [0.15, 0.2) is 64.2 Å². The zero-order valence-electron chi connectivity index (χ0n) is 18.0. The molecule has 0 aliphatic carbocycles. The van der Waals surface area contributed by atoms with Gasteiger partial charge in [0, 0.05) is 11.1 Å². The van der Waals surface area contributed by atoms with Gasteiger partial charge in [0.15, 0.2) is 11.5 Å². The van der Waals surface area contributed by atoms with Crippen molar-refractivity contribution in [3.8, 4) is 39.9 Å². The third-order valence-corrected chi connectivity index (χ3v) is 5.33. The number of nitrogens with zero attached hydrogens (tertiary/aromatic N) is 6. The third-order valence-electron chi connectivity index (χ3n) is 5.33. The number of aromatic nitrogens is 6. The van der Waals surface area contributed by atoms with Gasteiger partial charge in [-0.3, -0.25) is 4.79 Å². The van der Waals surface area contributed by atoms with Crippen LogP contribution in [0, 0.1) is 0 Å². The molecular formula is C23H18N6O5. The van der Waals surface area contributed by atoms with Crippen LogP contribution in [0.25, 0.3) is 28.2 Å². The normalized spacial score (nSPS) is 12.4. The molecule has 0 amide bonds. The van der Waals surface area contributed by atoms with Crippen LogP contribution in [0.4, 0.5) is 0 Å². The maximum absolute atomic E-state index is 13.0. The second kappa shape index (κ2) is 8.03. The second-order valence-corrected chi connectivity index (χ2v) is 7.49. The molecule has 2 aromatic carbocycles. The van der Waals surface area contributed by atoms with E-state index < -0.39 is 0 Å². The first-order valence-corrected chi connectivity index (χ1v) is 10.6. The average molecular weight is 458 g/mol. The highest BCUT2D eigenvalue weighted by atomic mass is 16.7. The highest BCUT2D eigenvalue weighted by Crippen LogP contribution is 2.35. The minimum Gasteiger partial charge on any atom is -0.494 e. The molecule has 0 saturated heterocycles. The van der Waals surface area contributed by atoms with Crippen molar-refractivity contribution in [2.45, 2.75) is 13.5 Å². The Kier molecular flexibility index (Phi) is 4.72. The molecule has 0 spiro atoms. The van der Waals surface area contributed by atoms with E-state index in [0.29, 0.717) is 40.7 Å². The van der Waals surface area contributed by atoms with Gasteiger partial charge in [-0.2, -0.15) is 15.2 Å². The summed E-state index contributed by atoms with van der Waals surface area (Å²) >= 11 is 0. The molecule has 0 fully saturated rings. The van der Waals surface area contributed by atoms with Crippen LogP contribution in [0.3, 0.4) is 0 Å². The summed E-state index contributed by atoms with van der Waals surface area (Å²) in [5.41, 5.74) is 2.29. The summed E-state index contributed by atoms with van der Waals surface area (Å²) in [6, 6.07) is 14.6. The van der Waals surface area contributed by atoms with E-state index >= 15 is 0 Å². The van der Waals surface area contributed by atoms with Crippen molar-refractivity contribution in [1.29, 1.82) is 0 Å². The first kappa shape index (κ1) is 20.0. The number of hydrogen-bond donors (Lipinski definition) is 0. The van der Waals surface area contributed by atoms with Crippen molar-refractivity contribution in [2.75, 3.05) is 13.4 Å². The van der Waals surface area contributed by atoms with Crippen molar-refractivity contribution in [2.24, 2.45) is 0 Å². The van der Waals surface area contributed by atoms with Crippen LogP contribution in [0.5, 0.6) is 17.2 Å². The Morgan fingerprint density at radius 1 is 1.03 bits per heavy atom. The molecule has 170 valence electrons. The molecule has 5 aromatic rings. The monoisotopic (exact) mass is 458 g/mol. The summed E-state index contributed by atoms with van der Waals surface area (Å²) in [5, 5.41) is 12.7. The molecule has 34 heavy (non-hydrogen) atoms. The summed E-state index contributed by atoms with van der Waals surface area (Å²) in [6.45, 7) is 2.73. The van der Waals surface area contributed by atoms with Crippen LogP contribution >= 0.6 is 0 Å². The van der Waals surface area contributed by atoms with Crippen molar-refractivity contribution in [1.82, 2.24) is 29.5 Å². The maximum Gasteiger partial charge on any atom is 0.293 e. The Labute approximate surface area is 192 Å². The Hall–Kier alpha value is -4.67. The fourth-order valence-electron chi connectivity index (χ4n) is 3.68. The highest BCUT2D eigenvalue weighted by Gasteiger charge is 2.18. The maximum atomic E-state index is 13.0. The first-order valence-electron chi connectivity index (χ1n) is 10.6. The second-order valence-electron chi connectivity index (χ2n) is 7.49. The summed E-state index contributed by atoms with van der Waals surface area (Å²) in [4.78, 5) is 17.4. The summed E-state index contributed by atoms with van der Waals surface area (Å²) < 4.78 is 24.3. The van der Waals surface area contributed by atoms with E-state index in [-0.39, 0.29) is 24.8 Å². The molecule has 0 radical (unpaired) electrons. The van der Waals surface area contributed by atoms with E-state index in [1.54, 1.807) is 18.2 Å². The number of rotatable bonds is 6. The molecule has 0 unspecified atom stereocenters. The lowest BCUT2D eigenvalue weighted by Gasteiger charge is -2.02. The minimum absolute atomic E-state index is 0.0243. The van der Waals surface area contributed by atoms with Gasteiger partial charge in [0.05, 0.1) is 12.3 Å². The summed E-state index contributed by atoms with van der Waals surface area (Å²) in [6.07, 6.45) is 1.48. The molecule has 11 heteroatoms. The summed E-state index contributed by atoms with van der Waals surface area (Å²) in [7, 11) is 0. The molecule has 0 atom stereocenters. The molecule has 11 nitrogen and oxygen atoms in total. The highest BCUT2D eigenvalue weighted by molar-refractivity contribution is 5.66. The van der Waals surface area contributed by atoms with Gasteiger partial charge in [-0.05, 0) is 55.5 Å². The third kappa shape index (κ3) is 3.52. The molecule has 3 aromatic heterocycles. The number of hydrogen-bond acceptors (Lipinski definition) is 9. The Morgan fingerprint density at radius 2 is 1.85 bits per heavy atom. The van der Waals surface area contributed by atoms with E-state index in [1.807, 2.05) is 37.3 Å². The quantitative estimate of drug-likeness (QED) is 0.378. The molecule has 4 heterocycles. The van der Waals surface area contributed by atoms with E-state index in [0.717, 1.165) is 11.3 Å². The lowest BCUT2D eigenvalue weighted by Crippen LogP contribution is -2.25. The van der Waals surface area contributed by atoms with E-state index in [1.165, 1.54) is 15.5 Å². The van der Waals surface area contributed by atoms with Gasteiger partial charge < -0.3 is 18.7 Å². The van der Waals surface area contributed by atoms with Crippen LogP contribution < -0.4 is 19.8 Å². The molecule has 0 N–H and O–H groups in total. The Morgan fingerprint density at radius 3 is 2.71 bits per heavy atom. The zero-order chi connectivity index (χ0) is 23.1. The van der Waals surface area contributed by atoms with Crippen LogP contribution in [-0.2, 0) is 6.54 Å². The fourth-order valence-corrected chi connectivity index (χ4v) is 3.68. The van der Waals surface area contributed by atoms with E-state index in [2.05, 4.69) is 20.3 Å². The van der Waals surface area contributed by atoms with Crippen molar-refractivity contribution in [3.63, 3.8) is 0 Å². The smallest absolute Gasteiger partial charge is 0.293 e. The van der Waals surface area contributed by atoms with Gasteiger partial charge in [-0.15, -0.1) is 0 Å². The molecule has 1 aliphatic heterocycles. The van der Waals surface area contributed by atoms with Crippen molar-refractivity contribution < 1.29 is 18.7 Å². The van der Waals surface area contributed by atoms with Crippen molar-refractivity contribution in [3.05, 3.63) is 71.1 Å². The van der Waals surface area contributed by atoms with Gasteiger partial charge in [0.1, 0.15) is 24.1 Å². The number of benzene rings is 2. The summed E-state index contributed by atoms with van der Waals surface area (Å²) in [5.74, 6) is 2.69. The predicted molar refractivity (Wildman–Crippen MR) is 119 cm³/mol. The van der Waals surface area contributed by atoms with E-state index in [9.17, 15) is 4.79 Å². The van der Waals surface area contributed by atoms with Gasteiger partial charge in [0.2, 0.25) is 18.5 Å². The van der Waals surface area contributed by atoms with Gasteiger partial charge in [-0.1, -0.05) is 5.16 Å². The molecule has 1 aliphatic rings. The van der Waals surface area contributed by atoms with Gasteiger partial charge in [0.25, 0.3) is 5.56 Å². The fraction of sp³-hybridized carbons (Fsp3) is 0.174. The topological polar surface area (TPSA) is 119 Å². The SMILES string of the molecule is CCOc1ccc(-c2cc3c(=O)n(Cc4nc(-c5ccc6c(c5)OCO6)no4)ncn3n2)cc1. The van der Waals surface area contributed by atoms with E-state index in [4.69, 9.17) is 18.7 Å². The van der Waals surface area contributed by atoms with Gasteiger partial charge >= 0.3 is 0 Å². The zero-order valence-corrected chi connectivity index (χ0v) is 18.0. The van der Waals surface area contributed by atoms with Gasteiger partial charge in [-0.25, -0.2) is 9.20 Å². The first-order chi connectivity index (χ1) is 16.7. The Balaban J connectivity index is 1.26. The molecule has 0 saturated carbocycles. The number of fused-ring (bicyclic) bond motifs is 2.